The predicted octanol–water partition coefficient (Wildman–Crippen LogP) is 2.59. The largest absolute Gasteiger partial charge is 0.382 e. The zero-order valence-electron chi connectivity index (χ0n) is 14.9. The van der Waals surface area contributed by atoms with Crippen LogP contribution in [0.25, 0.3) is 0 Å². The molecule has 2 atom stereocenters. The van der Waals surface area contributed by atoms with Gasteiger partial charge in [0.2, 0.25) is 0 Å². The Balaban J connectivity index is 1.55. The summed E-state index contributed by atoms with van der Waals surface area (Å²) in [4.78, 5) is 12.5. The molecule has 2 aliphatic carbocycles. The van der Waals surface area contributed by atoms with Crippen LogP contribution >= 0.6 is 0 Å². The van der Waals surface area contributed by atoms with Gasteiger partial charge in [0.25, 0.3) is 5.91 Å². The Morgan fingerprint density at radius 2 is 1.80 bits per heavy atom. The van der Waals surface area contributed by atoms with Crippen LogP contribution in [0.4, 0.5) is 5.69 Å². The Labute approximate surface area is 150 Å². The van der Waals surface area contributed by atoms with Crippen molar-refractivity contribution in [2.24, 2.45) is 17.6 Å². The molecule has 0 bridgehead atoms. The second-order valence-corrected chi connectivity index (χ2v) is 7.71. The standard InChI is InChI=1S/C20H31N3O2/c21-18(13-15-7-3-1-4-8-15)19(24)20(25)22-23(14-16-11-12-16)17-9-5-2-6-10-17/h2,5-6,9-10,15-16,18-19,24H,1,3-4,7-8,11-14,21H2,(H,22,25). The predicted molar refractivity (Wildman–Crippen MR) is 99.8 cm³/mol. The highest BCUT2D eigenvalue weighted by molar-refractivity contribution is 5.82. The van der Waals surface area contributed by atoms with E-state index in [0.29, 0.717) is 11.8 Å². The second-order valence-electron chi connectivity index (χ2n) is 7.71. The number of nitrogens with two attached hydrogens (primary N) is 1. The molecule has 1 aromatic carbocycles. The van der Waals surface area contributed by atoms with Crippen LogP contribution in [0.5, 0.6) is 0 Å². The van der Waals surface area contributed by atoms with E-state index in [4.69, 9.17) is 5.73 Å². The Morgan fingerprint density at radius 1 is 1.12 bits per heavy atom. The van der Waals surface area contributed by atoms with E-state index in [1.165, 1.54) is 44.9 Å². The van der Waals surface area contributed by atoms with Crippen LogP contribution in [-0.4, -0.2) is 29.7 Å². The monoisotopic (exact) mass is 345 g/mol. The van der Waals surface area contributed by atoms with Gasteiger partial charge >= 0.3 is 0 Å². The van der Waals surface area contributed by atoms with Gasteiger partial charge in [0.15, 0.2) is 0 Å². The second kappa shape index (κ2) is 8.68. The van der Waals surface area contributed by atoms with Gasteiger partial charge in [-0.2, -0.15) is 0 Å². The molecule has 2 saturated carbocycles. The van der Waals surface area contributed by atoms with E-state index in [1.54, 1.807) is 0 Å². The number of hydrazine groups is 1. The molecule has 0 aromatic heterocycles. The number of nitrogens with zero attached hydrogens (tertiary/aromatic N) is 1. The van der Waals surface area contributed by atoms with Crippen LogP contribution in [0.3, 0.4) is 0 Å². The highest BCUT2D eigenvalue weighted by atomic mass is 16.3. The molecule has 0 radical (unpaired) electrons. The van der Waals surface area contributed by atoms with E-state index in [9.17, 15) is 9.90 Å². The van der Waals surface area contributed by atoms with Crippen molar-refractivity contribution < 1.29 is 9.90 Å². The van der Waals surface area contributed by atoms with Gasteiger partial charge in [-0.3, -0.25) is 15.2 Å². The van der Waals surface area contributed by atoms with Crippen LogP contribution in [0.1, 0.15) is 51.4 Å². The van der Waals surface area contributed by atoms with E-state index in [2.05, 4.69) is 5.43 Å². The number of hydrogen-bond donors (Lipinski definition) is 3. The molecule has 2 aliphatic rings. The molecule has 2 fully saturated rings. The molecular formula is C20H31N3O2. The van der Waals surface area contributed by atoms with Crippen molar-refractivity contribution >= 4 is 11.6 Å². The van der Waals surface area contributed by atoms with Crippen molar-refractivity contribution in [1.29, 1.82) is 0 Å². The summed E-state index contributed by atoms with van der Waals surface area (Å²) < 4.78 is 0. The third-order valence-electron chi connectivity index (χ3n) is 5.46. The van der Waals surface area contributed by atoms with Gasteiger partial charge in [-0.1, -0.05) is 50.3 Å². The number of aliphatic hydroxyl groups is 1. The lowest BCUT2D eigenvalue weighted by molar-refractivity contribution is -0.130. The summed E-state index contributed by atoms with van der Waals surface area (Å²) in [5, 5.41) is 12.3. The minimum absolute atomic E-state index is 0.396. The van der Waals surface area contributed by atoms with E-state index < -0.39 is 18.1 Å². The van der Waals surface area contributed by atoms with Crippen LogP contribution in [0.2, 0.25) is 0 Å². The smallest absolute Gasteiger partial charge is 0.268 e. The van der Waals surface area contributed by atoms with Crippen LogP contribution in [-0.2, 0) is 4.79 Å². The first-order valence-corrected chi connectivity index (χ1v) is 9.70. The molecule has 0 aliphatic heterocycles. The van der Waals surface area contributed by atoms with Gasteiger partial charge in [-0.05, 0) is 43.2 Å². The van der Waals surface area contributed by atoms with Gasteiger partial charge in [0.1, 0.15) is 6.10 Å². The topological polar surface area (TPSA) is 78.6 Å². The Morgan fingerprint density at radius 3 is 2.44 bits per heavy atom. The van der Waals surface area contributed by atoms with E-state index in [-0.39, 0.29) is 0 Å². The van der Waals surface area contributed by atoms with Gasteiger partial charge in [-0.25, -0.2) is 0 Å². The van der Waals surface area contributed by atoms with E-state index in [0.717, 1.165) is 18.7 Å². The molecule has 0 heterocycles. The van der Waals surface area contributed by atoms with Gasteiger partial charge < -0.3 is 10.8 Å². The maximum Gasteiger partial charge on any atom is 0.268 e. The number of carbonyl (C=O) groups is 1. The zero-order chi connectivity index (χ0) is 17.6. The van der Waals surface area contributed by atoms with Crippen LogP contribution in [0, 0.1) is 11.8 Å². The summed E-state index contributed by atoms with van der Waals surface area (Å²) in [7, 11) is 0. The quantitative estimate of drug-likeness (QED) is 0.633. The number of anilines is 1. The highest BCUT2D eigenvalue weighted by Gasteiger charge is 2.30. The number of rotatable bonds is 8. The SMILES string of the molecule is NC(CC1CCCCC1)C(O)C(=O)NN(CC1CC1)c1ccccc1. The molecule has 0 saturated heterocycles. The molecule has 25 heavy (non-hydrogen) atoms. The molecule has 5 heteroatoms. The number of aliphatic hydroxyl groups excluding tert-OH is 1. The lowest BCUT2D eigenvalue weighted by Crippen LogP contribution is -2.53. The minimum Gasteiger partial charge on any atom is -0.382 e. The number of hydrogen-bond acceptors (Lipinski definition) is 4. The number of benzene rings is 1. The molecule has 1 aromatic rings. The normalized spacial score (nSPS) is 20.7. The van der Waals surface area contributed by atoms with Gasteiger partial charge in [0, 0.05) is 12.6 Å². The summed E-state index contributed by atoms with van der Waals surface area (Å²) in [6.07, 6.45) is 8.06. The fraction of sp³-hybridized carbons (Fsp3) is 0.650. The summed E-state index contributed by atoms with van der Waals surface area (Å²) in [6, 6.07) is 9.30. The van der Waals surface area contributed by atoms with Crippen LogP contribution in [0.15, 0.2) is 30.3 Å². The number of amides is 1. The summed E-state index contributed by atoms with van der Waals surface area (Å²) in [6.45, 7) is 0.778. The lowest BCUT2D eigenvalue weighted by Gasteiger charge is -2.30. The first-order valence-electron chi connectivity index (χ1n) is 9.70. The number of para-hydroxylation sites is 1. The summed E-state index contributed by atoms with van der Waals surface area (Å²) in [5.41, 5.74) is 9.98. The number of nitrogens with one attached hydrogen (secondary N) is 1. The molecule has 0 spiro atoms. The maximum atomic E-state index is 12.5. The van der Waals surface area contributed by atoms with Gasteiger partial charge in [0.05, 0.1) is 5.69 Å². The van der Waals surface area contributed by atoms with Gasteiger partial charge in [-0.15, -0.1) is 0 Å². The summed E-state index contributed by atoms with van der Waals surface area (Å²) in [5.74, 6) is 0.768. The summed E-state index contributed by atoms with van der Waals surface area (Å²) >= 11 is 0. The lowest BCUT2D eigenvalue weighted by atomic mass is 9.84. The molecular weight excluding hydrogens is 314 g/mol. The van der Waals surface area contributed by atoms with Crippen molar-refractivity contribution in [3.05, 3.63) is 30.3 Å². The molecule has 1 amide bonds. The number of carbonyl (C=O) groups excluding carboxylic acids is 1. The third-order valence-corrected chi connectivity index (χ3v) is 5.46. The van der Waals surface area contributed by atoms with Crippen LogP contribution < -0.4 is 16.2 Å². The Kier molecular flexibility index (Phi) is 6.32. The molecule has 2 unspecified atom stereocenters. The zero-order valence-corrected chi connectivity index (χ0v) is 14.9. The third kappa shape index (κ3) is 5.44. The molecule has 5 nitrogen and oxygen atoms in total. The Hall–Kier alpha value is -1.59. The first kappa shape index (κ1) is 18.2. The maximum absolute atomic E-state index is 12.5. The molecule has 4 N–H and O–H groups in total. The fourth-order valence-corrected chi connectivity index (χ4v) is 3.71. The van der Waals surface area contributed by atoms with E-state index >= 15 is 0 Å². The van der Waals surface area contributed by atoms with Crippen molar-refractivity contribution in [2.75, 3.05) is 11.6 Å². The van der Waals surface area contributed by atoms with Crippen molar-refractivity contribution in [3.8, 4) is 0 Å². The minimum atomic E-state index is -1.16. The fourth-order valence-electron chi connectivity index (χ4n) is 3.71. The van der Waals surface area contributed by atoms with E-state index in [1.807, 2.05) is 35.3 Å². The van der Waals surface area contributed by atoms with Crippen molar-refractivity contribution in [2.45, 2.75) is 63.5 Å². The average Bonchev–Trinajstić information content (AvgIpc) is 3.46. The van der Waals surface area contributed by atoms with Crippen molar-refractivity contribution in [1.82, 2.24) is 5.43 Å². The Bertz CT molecular complexity index is 541. The van der Waals surface area contributed by atoms with Crippen molar-refractivity contribution in [3.63, 3.8) is 0 Å². The first-order chi connectivity index (χ1) is 12.1. The average molecular weight is 345 g/mol. The molecule has 138 valence electrons. The highest BCUT2D eigenvalue weighted by Crippen LogP contribution is 2.31. The molecule has 3 rings (SSSR count).